The number of anilines is 2. The molecule has 3 aromatic carbocycles. The number of pyridine rings is 1. The Bertz CT molecular complexity index is 3120. The number of rotatable bonds is 12. The third-order valence-electron chi connectivity index (χ3n) is 16.4. The molecule has 2 aromatic heterocycles. The van der Waals surface area contributed by atoms with Crippen LogP contribution in [0, 0.1) is 35.3 Å². The zero-order valence-electron chi connectivity index (χ0n) is 41.8. The summed E-state index contributed by atoms with van der Waals surface area (Å²) in [6, 6.07) is 11.5. The number of methoxy groups -OCH3 is 1. The number of phenolic OH excluding ortho intramolecular Hbond substituents is 1. The van der Waals surface area contributed by atoms with E-state index < -0.39 is 23.6 Å². The molecule has 7 aliphatic rings. The fourth-order valence-corrected chi connectivity index (χ4v) is 12.3. The number of nitrogens with zero attached hydrogens (tertiary/aromatic N) is 8. The van der Waals surface area contributed by atoms with Gasteiger partial charge in [-0.05, 0) is 98.2 Å². The molecule has 5 saturated heterocycles. The van der Waals surface area contributed by atoms with Crippen molar-refractivity contribution < 1.29 is 47.6 Å². The maximum Gasteiger partial charge on any atom is 0.319 e. The lowest BCUT2D eigenvalue weighted by molar-refractivity contribution is -0.137. The van der Waals surface area contributed by atoms with Gasteiger partial charge in [-0.15, -0.1) is 6.42 Å². The number of carbonyl (C=O) groups is 4. The summed E-state index contributed by atoms with van der Waals surface area (Å²) in [6.07, 6.45) is 12.6. The van der Waals surface area contributed by atoms with Gasteiger partial charge in [0.05, 0.1) is 19.3 Å². The third-order valence-corrected chi connectivity index (χ3v) is 16.4. The van der Waals surface area contributed by atoms with Gasteiger partial charge in [-0.1, -0.05) is 12.0 Å². The van der Waals surface area contributed by atoms with E-state index in [1.54, 1.807) is 4.90 Å². The SMILES string of the molecule is C#Cc1c(F)ccc2cc(O)cc(-c3nc(OC)c4c(N5CC6CCC(C5)N6)nc(OCC5(CN6CCN(CC7CCN(c8ccc9c(c8)CN(C8CCC(=O)NC8=O)C9=O)CC7)CC6)CC5)nc4c3F)c12.O=CO. The van der Waals surface area contributed by atoms with Crippen molar-refractivity contribution in [1.29, 1.82) is 0 Å². The van der Waals surface area contributed by atoms with Crippen molar-refractivity contribution in [3.63, 3.8) is 0 Å². The van der Waals surface area contributed by atoms with Crippen molar-refractivity contribution in [2.45, 2.75) is 76.0 Å². The molecule has 12 rings (SSSR count). The van der Waals surface area contributed by atoms with E-state index in [1.165, 1.54) is 31.4 Å². The number of phenols is 1. The van der Waals surface area contributed by atoms with Crippen LogP contribution in [-0.4, -0.2) is 161 Å². The first-order valence-electron chi connectivity index (χ1n) is 25.9. The van der Waals surface area contributed by atoms with E-state index in [9.17, 15) is 19.5 Å². The summed E-state index contributed by atoms with van der Waals surface area (Å²) in [7, 11) is 1.46. The monoisotopic (exact) mass is 1030 g/mol. The Morgan fingerprint density at radius 1 is 0.880 bits per heavy atom. The van der Waals surface area contributed by atoms with Crippen molar-refractivity contribution in [2.24, 2.45) is 11.3 Å². The molecule has 6 fully saturated rings. The minimum atomic E-state index is -0.791. The van der Waals surface area contributed by atoms with Crippen molar-refractivity contribution in [3.05, 3.63) is 70.8 Å². The number of ether oxygens (including phenoxy) is 2. The summed E-state index contributed by atoms with van der Waals surface area (Å²) in [4.78, 5) is 71.5. The van der Waals surface area contributed by atoms with Crippen LogP contribution in [0.4, 0.5) is 20.3 Å². The molecular weight excluding hydrogens is 967 g/mol. The lowest BCUT2D eigenvalue weighted by atomic mass is 9.95. The number of piperazine rings is 2. The van der Waals surface area contributed by atoms with Crippen LogP contribution in [0.3, 0.4) is 0 Å². The van der Waals surface area contributed by atoms with Crippen molar-refractivity contribution in [3.8, 4) is 41.2 Å². The lowest BCUT2D eigenvalue weighted by Gasteiger charge is -2.40. The first-order chi connectivity index (χ1) is 36.3. The van der Waals surface area contributed by atoms with Crippen LogP contribution in [0.25, 0.3) is 32.9 Å². The predicted molar refractivity (Wildman–Crippen MR) is 275 cm³/mol. The van der Waals surface area contributed by atoms with Gasteiger partial charge in [0.2, 0.25) is 17.7 Å². The second-order valence-corrected chi connectivity index (χ2v) is 21.2. The van der Waals surface area contributed by atoms with Crippen LogP contribution in [0.5, 0.6) is 17.6 Å². The molecule has 0 spiro atoms. The molecule has 3 atom stereocenters. The Morgan fingerprint density at radius 3 is 2.31 bits per heavy atom. The maximum absolute atomic E-state index is 17.4. The number of aromatic hydroxyl groups is 1. The van der Waals surface area contributed by atoms with Crippen molar-refractivity contribution in [2.75, 3.05) is 89.0 Å². The molecule has 2 bridgehead atoms. The van der Waals surface area contributed by atoms with E-state index >= 15 is 8.78 Å². The molecule has 0 radical (unpaired) electrons. The number of hydrogen-bond acceptors (Lipinski definition) is 15. The highest BCUT2D eigenvalue weighted by atomic mass is 19.1. The molecule has 4 N–H and O–H groups in total. The first-order valence-corrected chi connectivity index (χ1v) is 25.9. The largest absolute Gasteiger partial charge is 0.508 e. The Kier molecular flexibility index (Phi) is 13.7. The second kappa shape index (κ2) is 20.5. The minimum absolute atomic E-state index is 0.0504. The molecule has 18 nitrogen and oxygen atoms in total. The van der Waals surface area contributed by atoms with Crippen LogP contribution >= 0.6 is 0 Å². The van der Waals surface area contributed by atoms with Gasteiger partial charge >= 0.3 is 6.01 Å². The number of terminal acetylenes is 1. The number of carbonyl (C=O) groups excluding carboxylic acids is 3. The van der Waals surface area contributed by atoms with E-state index in [0.717, 1.165) is 102 Å². The molecule has 392 valence electrons. The van der Waals surface area contributed by atoms with Gasteiger partial charge in [-0.25, -0.2) is 13.8 Å². The molecule has 8 heterocycles. The number of halogens is 2. The summed E-state index contributed by atoms with van der Waals surface area (Å²) in [5.74, 6) is 1.13. The number of aromatic nitrogens is 3. The number of imide groups is 1. The van der Waals surface area contributed by atoms with Crippen LogP contribution in [0.15, 0.2) is 42.5 Å². The molecule has 20 heteroatoms. The second-order valence-electron chi connectivity index (χ2n) is 21.2. The van der Waals surface area contributed by atoms with Crippen LogP contribution < -0.4 is 29.9 Å². The molecule has 3 unspecified atom stereocenters. The summed E-state index contributed by atoms with van der Waals surface area (Å²) < 4.78 is 45.0. The summed E-state index contributed by atoms with van der Waals surface area (Å²) in [5, 5.41) is 24.7. The highest BCUT2D eigenvalue weighted by Gasteiger charge is 2.46. The summed E-state index contributed by atoms with van der Waals surface area (Å²) in [5.41, 5.74) is 2.38. The van der Waals surface area contributed by atoms with Gasteiger partial charge in [0.15, 0.2) is 5.82 Å². The molecule has 5 aromatic rings. The number of carboxylic acid groups (broad SMARTS) is 1. The predicted octanol–water partition coefficient (Wildman–Crippen LogP) is 4.91. The van der Waals surface area contributed by atoms with Crippen LogP contribution in [-0.2, 0) is 20.9 Å². The lowest BCUT2D eigenvalue weighted by Crippen LogP contribution is -2.52. The van der Waals surface area contributed by atoms with Gasteiger partial charge in [0.25, 0.3) is 12.4 Å². The zero-order valence-corrected chi connectivity index (χ0v) is 41.8. The fraction of sp³-hybridized carbons (Fsp3) is 0.473. The molecule has 1 saturated carbocycles. The normalized spacial score (nSPS) is 22.7. The first kappa shape index (κ1) is 50.0. The standard InChI is InChI=1S/C54H58F2N10O6.CH2O2/c1-3-38-41(55)9-4-32-23-37(67)24-40(44(32)38)47-46(56)48-45(51(59-47)71-2)49(65-27-34-5-6-35(28-65)57-34)61-53(60-48)72-30-54(14-15-54)29-63-20-18-62(19-21-63)25-31-12-16-64(17-13-31)36-7-8-39-33(22-36)26-66(52(39)70)42-10-11-43(68)58-50(42)69;2-1-3/h1,4,7-9,22-24,31,34-35,42,57,67H,5-6,10-21,25-30H2,2H3,(H,58,68,69);1H,(H,2,3). The average Bonchev–Trinajstić information content (AvgIpc) is 3.98. The van der Waals surface area contributed by atoms with E-state index in [1.807, 2.05) is 12.1 Å². The topological polar surface area (TPSA) is 206 Å². The van der Waals surface area contributed by atoms with E-state index in [4.69, 9.17) is 35.8 Å². The number of hydrogen-bond donors (Lipinski definition) is 4. The highest BCUT2D eigenvalue weighted by Crippen LogP contribution is 2.48. The van der Waals surface area contributed by atoms with Gasteiger partial charge in [-0.3, -0.25) is 24.5 Å². The summed E-state index contributed by atoms with van der Waals surface area (Å²) in [6.45, 7) is 9.54. The highest BCUT2D eigenvalue weighted by molar-refractivity contribution is 6.06. The fourth-order valence-electron chi connectivity index (χ4n) is 12.3. The molecule has 3 amide bonds. The number of benzene rings is 3. The Hall–Kier alpha value is -7.21. The van der Waals surface area contributed by atoms with Gasteiger partial charge in [0, 0.05) is 118 Å². The Balaban J connectivity index is 0.00000196. The summed E-state index contributed by atoms with van der Waals surface area (Å²) >= 11 is 0. The number of fused-ring (bicyclic) bond motifs is 5. The number of amides is 3. The van der Waals surface area contributed by atoms with Crippen LogP contribution in [0.2, 0.25) is 0 Å². The number of nitrogens with one attached hydrogen (secondary N) is 2. The van der Waals surface area contributed by atoms with Gasteiger partial charge < -0.3 is 49.5 Å². The molecule has 1 aliphatic carbocycles. The molecule has 75 heavy (non-hydrogen) atoms. The van der Waals surface area contributed by atoms with E-state index in [0.29, 0.717) is 60.7 Å². The zero-order chi connectivity index (χ0) is 52.1. The minimum Gasteiger partial charge on any atom is -0.508 e. The third kappa shape index (κ3) is 9.84. The maximum atomic E-state index is 17.4. The molecule has 6 aliphatic heterocycles. The van der Waals surface area contributed by atoms with E-state index in [2.05, 4.69) is 47.2 Å². The smallest absolute Gasteiger partial charge is 0.319 e. The Labute approximate surface area is 432 Å². The van der Waals surface area contributed by atoms with E-state index in [-0.39, 0.29) is 87.6 Å². The van der Waals surface area contributed by atoms with Gasteiger partial charge in [0.1, 0.15) is 40.0 Å². The van der Waals surface area contributed by atoms with Crippen LogP contribution in [0.1, 0.15) is 72.9 Å². The molecular formula is C55H60F2N10O8. The number of piperidine rings is 2. The average molecular weight is 1030 g/mol. The quantitative estimate of drug-likeness (QED) is 0.0744. The van der Waals surface area contributed by atoms with Crippen molar-refractivity contribution >= 4 is 57.4 Å². The van der Waals surface area contributed by atoms with Crippen molar-refractivity contribution in [1.82, 2.24) is 40.3 Å². The Morgan fingerprint density at radius 2 is 1.61 bits per heavy atom. The van der Waals surface area contributed by atoms with Gasteiger partial charge in [-0.2, -0.15) is 9.97 Å².